The van der Waals surface area contributed by atoms with Gasteiger partial charge in [-0.1, -0.05) is 58.0 Å². The van der Waals surface area contributed by atoms with Crippen molar-refractivity contribution in [3.63, 3.8) is 0 Å². The van der Waals surface area contributed by atoms with Crippen LogP contribution >= 0.6 is 47.8 Å². The predicted molar refractivity (Wildman–Crippen MR) is 75.9 cm³/mol. The van der Waals surface area contributed by atoms with Crippen molar-refractivity contribution in [1.82, 2.24) is 0 Å². The van der Waals surface area contributed by atoms with Gasteiger partial charge in [-0.2, -0.15) is 0 Å². The molecule has 0 aromatic rings. The lowest BCUT2D eigenvalue weighted by molar-refractivity contribution is -0.133. The van der Waals surface area contributed by atoms with Gasteiger partial charge in [0.1, 0.15) is 0 Å². The second-order valence-electron chi connectivity index (χ2n) is 3.55. The lowest BCUT2D eigenvalue weighted by Gasteiger charge is -2.08. The van der Waals surface area contributed by atoms with Crippen molar-refractivity contribution in [2.24, 2.45) is 0 Å². The average Bonchev–Trinajstić information content (AvgIpc) is 2.54. The molecule has 0 aliphatic carbocycles. The van der Waals surface area contributed by atoms with Crippen LogP contribution in [0.3, 0.4) is 0 Å². The summed E-state index contributed by atoms with van der Waals surface area (Å²) in [4.78, 5) is 13.3. The Balaban J connectivity index is 2.70. The summed E-state index contributed by atoms with van der Waals surface area (Å²) in [6.45, 7) is 2.16. The van der Waals surface area contributed by atoms with Crippen molar-refractivity contribution in [3.8, 4) is 0 Å². The monoisotopic (exact) mass is 414 g/mol. The third kappa shape index (κ3) is 3.44. The van der Waals surface area contributed by atoms with Gasteiger partial charge in [0.25, 0.3) is 0 Å². The van der Waals surface area contributed by atoms with E-state index in [1.165, 1.54) is 12.8 Å². The number of allylic oxidation sites excluding steroid dienone is 1. The topological polar surface area (TPSA) is 26.3 Å². The molecule has 1 unspecified atom stereocenters. The number of carbonyl (C=O) groups excluding carboxylic acids is 1. The summed E-state index contributed by atoms with van der Waals surface area (Å²) in [6.07, 6.45) is 4.42. The summed E-state index contributed by atoms with van der Waals surface area (Å²) in [5, 5.41) is 0. The molecule has 2 nitrogen and oxygen atoms in total. The molecule has 1 heterocycles. The molecule has 0 N–H and O–H groups in total. The molecule has 90 valence electrons. The highest BCUT2D eigenvalue weighted by Crippen LogP contribution is 2.37. The van der Waals surface area contributed by atoms with E-state index in [1.54, 1.807) is 4.99 Å². The van der Waals surface area contributed by atoms with Crippen molar-refractivity contribution >= 4 is 53.8 Å². The fourth-order valence-corrected chi connectivity index (χ4v) is 3.79. The van der Waals surface area contributed by atoms with E-state index in [2.05, 4.69) is 54.7 Å². The molecule has 0 fully saturated rings. The SMILES string of the molecule is CCCCCC(Br)C1=C(Br)/C(=C\Br)OC1=O. The molecule has 0 bridgehead atoms. The number of hydrogen-bond donors (Lipinski definition) is 0. The third-order valence-corrected chi connectivity index (χ3v) is 4.50. The van der Waals surface area contributed by atoms with Crippen LogP contribution in [-0.4, -0.2) is 10.8 Å². The summed E-state index contributed by atoms with van der Waals surface area (Å²) >= 11 is 10.1. The predicted octanol–water partition coefficient (Wildman–Crippen LogP) is 4.77. The van der Waals surface area contributed by atoms with Gasteiger partial charge in [-0.3, -0.25) is 0 Å². The Bertz CT molecular complexity index is 334. The molecule has 1 aliphatic heterocycles. The molecule has 1 aliphatic rings. The second kappa shape index (κ2) is 6.97. The van der Waals surface area contributed by atoms with E-state index >= 15 is 0 Å². The van der Waals surface area contributed by atoms with Gasteiger partial charge in [0.05, 0.1) is 10.1 Å². The fourth-order valence-electron chi connectivity index (χ4n) is 1.48. The minimum Gasteiger partial charge on any atom is -0.421 e. The highest BCUT2D eigenvalue weighted by Gasteiger charge is 2.32. The van der Waals surface area contributed by atoms with Gasteiger partial charge in [0.15, 0.2) is 5.76 Å². The van der Waals surface area contributed by atoms with Crippen molar-refractivity contribution in [2.45, 2.75) is 37.4 Å². The number of alkyl halides is 1. The Hall–Kier alpha value is 0.390. The van der Waals surface area contributed by atoms with Crippen molar-refractivity contribution in [3.05, 3.63) is 20.8 Å². The summed E-state index contributed by atoms with van der Waals surface area (Å²) in [7, 11) is 0. The van der Waals surface area contributed by atoms with Gasteiger partial charge in [0, 0.05) is 9.81 Å². The van der Waals surface area contributed by atoms with Crippen molar-refractivity contribution < 1.29 is 9.53 Å². The number of rotatable bonds is 5. The Morgan fingerprint density at radius 1 is 1.44 bits per heavy atom. The molecule has 0 saturated carbocycles. The molecule has 5 heteroatoms. The van der Waals surface area contributed by atoms with Gasteiger partial charge in [-0.15, -0.1) is 0 Å². The molecule has 0 radical (unpaired) electrons. The second-order valence-corrected chi connectivity index (χ2v) is 5.91. The summed E-state index contributed by atoms with van der Waals surface area (Å²) in [6, 6.07) is 0. The van der Waals surface area contributed by atoms with Crippen LogP contribution in [0, 0.1) is 0 Å². The third-order valence-electron chi connectivity index (χ3n) is 2.35. The van der Waals surface area contributed by atoms with Crippen molar-refractivity contribution in [1.29, 1.82) is 0 Å². The van der Waals surface area contributed by atoms with Gasteiger partial charge in [-0.05, 0) is 22.4 Å². The number of ether oxygens (including phenoxy) is 1. The Labute approximate surface area is 121 Å². The van der Waals surface area contributed by atoms with Gasteiger partial charge >= 0.3 is 5.97 Å². The van der Waals surface area contributed by atoms with Crippen LogP contribution in [-0.2, 0) is 9.53 Å². The Morgan fingerprint density at radius 2 is 2.12 bits per heavy atom. The molecule has 0 saturated heterocycles. The maximum absolute atomic E-state index is 11.6. The van der Waals surface area contributed by atoms with Crippen LogP contribution in [0.1, 0.15) is 32.6 Å². The van der Waals surface area contributed by atoms with E-state index in [9.17, 15) is 4.79 Å². The first-order chi connectivity index (χ1) is 7.61. The molecule has 0 aromatic carbocycles. The van der Waals surface area contributed by atoms with Gasteiger partial charge in [0.2, 0.25) is 0 Å². The highest BCUT2D eigenvalue weighted by atomic mass is 79.9. The molecule has 0 spiro atoms. The minimum atomic E-state index is -0.268. The fraction of sp³-hybridized carbons (Fsp3) is 0.545. The number of cyclic esters (lactones) is 1. The van der Waals surface area contributed by atoms with E-state index in [0.29, 0.717) is 11.3 Å². The number of hydrogen-bond acceptors (Lipinski definition) is 2. The number of esters is 1. The normalized spacial score (nSPS) is 20.5. The molecule has 0 aromatic heterocycles. The summed E-state index contributed by atoms with van der Waals surface area (Å²) < 4.78 is 5.83. The quantitative estimate of drug-likeness (QED) is 0.366. The first kappa shape index (κ1) is 14.5. The molecule has 16 heavy (non-hydrogen) atoms. The number of carbonyl (C=O) groups is 1. The number of unbranched alkanes of at least 4 members (excludes halogenated alkanes) is 2. The van der Waals surface area contributed by atoms with Gasteiger partial charge < -0.3 is 4.74 Å². The first-order valence-corrected chi connectivity index (χ1v) is 7.80. The molecule has 0 amide bonds. The zero-order chi connectivity index (χ0) is 12.1. The number of halogens is 3. The minimum absolute atomic E-state index is 0.0610. The van der Waals surface area contributed by atoms with Crippen molar-refractivity contribution in [2.75, 3.05) is 0 Å². The van der Waals surface area contributed by atoms with Crippen LogP contribution in [0.25, 0.3) is 0 Å². The van der Waals surface area contributed by atoms with Gasteiger partial charge in [-0.25, -0.2) is 4.79 Å². The zero-order valence-electron chi connectivity index (χ0n) is 8.93. The van der Waals surface area contributed by atoms with Crippen LogP contribution < -0.4 is 0 Å². The maximum Gasteiger partial charge on any atom is 0.341 e. The molecular weight excluding hydrogens is 404 g/mol. The summed E-state index contributed by atoms with van der Waals surface area (Å²) in [5.41, 5.74) is 0.682. The molecule has 1 atom stereocenters. The molecular formula is C11H13Br3O2. The van der Waals surface area contributed by atoms with E-state index in [1.807, 2.05) is 0 Å². The Morgan fingerprint density at radius 3 is 2.62 bits per heavy atom. The smallest absolute Gasteiger partial charge is 0.341 e. The average molecular weight is 417 g/mol. The van der Waals surface area contributed by atoms with Crippen LogP contribution in [0.5, 0.6) is 0 Å². The van der Waals surface area contributed by atoms with Crippen LogP contribution in [0.4, 0.5) is 0 Å². The Kier molecular flexibility index (Phi) is 6.29. The first-order valence-electron chi connectivity index (χ1n) is 5.18. The molecule has 1 rings (SSSR count). The lowest BCUT2D eigenvalue weighted by atomic mass is 10.1. The standard InChI is InChI=1S/C11H13Br3O2/c1-2-3-4-5-7(13)9-10(14)8(6-12)16-11(9)15/h6-7H,2-5H2,1H3/b8-6+. The van der Waals surface area contributed by atoms with E-state index in [4.69, 9.17) is 4.74 Å². The zero-order valence-corrected chi connectivity index (χ0v) is 13.7. The van der Waals surface area contributed by atoms with Crippen LogP contribution in [0.15, 0.2) is 20.8 Å². The van der Waals surface area contributed by atoms with Crippen LogP contribution in [0.2, 0.25) is 0 Å². The maximum atomic E-state index is 11.6. The van der Waals surface area contributed by atoms with E-state index in [-0.39, 0.29) is 10.8 Å². The van der Waals surface area contributed by atoms with E-state index in [0.717, 1.165) is 17.3 Å². The lowest BCUT2D eigenvalue weighted by Crippen LogP contribution is -2.10. The summed E-state index contributed by atoms with van der Waals surface area (Å²) in [5.74, 6) is 0.274. The van der Waals surface area contributed by atoms with E-state index < -0.39 is 0 Å². The largest absolute Gasteiger partial charge is 0.421 e. The highest BCUT2D eigenvalue weighted by molar-refractivity contribution is 9.12.